The minimum absolute atomic E-state index is 0.0153. The van der Waals surface area contributed by atoms with E-state index in [0.29, 0.717) is 0 Å². The molecule has 0 aromatic heterocycles. The van der Waals surface area contributed by atoms with Gasteiger partial charge in [-0.15, -0.1) is 6.58 Å². The van der Waals surface area contributed by atoms with E-state index in [4.69, 9.17) is 14.2 Å². The molecule has 5 nitrogen and oxygen atoms in total. The van der Waals surface area contributed by atoms with E-state index in [-0.39, 0.29) is 26.1 Å². The number of carbonyl (C=O) groups is 2. The molecule has 0 unspecified atom stereocenters. The quantitative estimate of drug-likeness (QED) is 0.392. The van der Waals surface area contributed by atoms with Crippen molar-refractivity contribution >= 4 is 22.7 Å². The predicted molar refractivity (Wildman–Crippen MR) is 94.8 cm³/mol. The molecule has 0 amide bonds. The Morgan fingerprint density at radius 3 is 2.52 bits per heavy atom. The Morgan fingerprint density at radius 2 is 1.80 bits per heavy atom. The van der Waals surface area contributed by atoms with Gasteiger partial charge in [-0.05, 0) is 23.8 Å². The third-order valence-corrected chi connectivity index (χ3v) is 3.49. The molecule has 0 fully saturated rings. The average Bonchev–Trinajstić information content (AvgIpc) is 2.63. The van der Waals surface area contributed by atoms with Crippen molar-refractivity contribution in [3.8, 4) is 0 Å². The molecule has 1 atom stereocenters. The zero-order chi connectivity index (χ0) is 18.1. The van der Waals surface area contributed by atoms with Crippen LogP contribution >= 0.6 is 0 Å². The van der Waals surface area contributed by atoms with Gasteiger partial charge in [0.25, 0.3) is 0 Å². The largest absolute Gasteiger partial charge is 0.466 e. The van der Waals surface area contributed by atoms with Gasteiger partial charge in [-0.3, -0.25) is 9.59 Å². The van der Waals surface area contributed by atoms with Gasteiger partial charge in [-0.25, -0.2) is 0 Å². The lowest BCUT2D eigenvalue weighted by Crippen LogP contribution is -2.16. The van der Waals surface area contributed by atoms with Crippen LogP contribution in [0.2, 0.25) is 0 Å². The second kappa shape index (κ2) is 9.59. The molecule has 0 aliphatic rings. The first-order valence-corrected chi connectivity index (χ1v) is 8.20. The number of fused-ring (bicyclic) bond motifs is 1. The lowest BCUT2D eigenvalue weighted by atomic mass is 10.1. The van der Waals surface area contributed by atoms with Gasteiger partial charge < -0.3 is 14.2 Å². The molecular weight excluding hydrogens is 320 g/mol. The monoisotopic (exact) mass is 342 g/mol. The molecule has 0 spiro atoms. The van der Waals surface area contributed by atoms with Crippen molar-refractivity contribution in [1.29, 1.82) is 0 Å². The van der Waals surface area contributed by atoms with Gasteiger partial charge in [0.15, 0.2) is 0 Å². The number of carbonyl (C=O) groups excluding carboxylic acids is 2. The minimum atomic E-state index is -0.850. The number of rotatable bonds is 9. The van der Waals surface area contributed by atoms with E-state index in [0.717, 1.165) is 16.3 Å². The Bertz CT molecular complexity index is 738. The molecule has 0 aliphatic carbocycles. The normalized spacial score (nSPS) is 11.7. The highest BCUT2D eigenvalue weighted by Crippen LogP contribution is 2.24. The highest BCUT2D eigenvalue weighted by atomic mass is 16.7. The molecular formula is C20H22O5. The van der Waals surface area contributed by atoms with Crippen LogP contribution in [0.3, 0.4) is 0 Å². The zero-order valence-electron chi connectivity index (χ0n) is 14.3. The Balaban J connectivity index is 2.07. The summed E-state index contributed by atoms with van der Waals surface area (Å²) in [4.78, 5) is 23.4. The highest BCUT2D eigenvalue weighted by Gasteiger charge is 2.18. The van der Waals surface area contributed by atoms with E-state index in [2.05, 4.69) is 6.58 Å². The molecule has 0 bridgehead atoms. The van der Waals surface area contributed by atoms with Crippen LogP contribution in [0.4, 0.5) is 0 Å². The van der Waals surface area contributed by atoms with Crippen molar-refractivity contribution in [3.05, 3.63) is 60.7 Å². The van der Waals surface area contributed by atoms with Crippen molar-refractivity contribution in [2.45, 2.75) is 26.1 Å². The van der Waals surface area contributed by atoms with Crippen LogP contribution < -0.4 is 0 Å². The van der Waals surface area contributed by atoms with Crippen molar-refractivity contribution in [2.24, 2.45) is 0 Å². The molecule has 0 radical (unpaired) electrons. The van der Waals surface area contributed by atoms with Crippen LogP contribution in [0.25, 0.3) is 10.8 Å². The molecule has 2 aromatic rings. The van der Waals surface area contributed by atoms with Crippen molar-refractivity contribution in [2.75, 3.05) is 13.2 Å². The molecule has 0 heterocycles. The minimum Gasteiger partial charge on any atom is -0.466 e. The smallest absolute Gasteiger partial charge is 0.308 e. The van der Waals surface area contributed by atoms with E-state index in [1.165, 1.54) is 0 Å². The number of esters is 2. The predicted octanol–water partition coefficient (Wildman–Crippen LogP) is 3.93. The molecule has 2 aromatic carbocycles. The molecule has 0 aliphatic heterocycles. The average molecular weight is 342 g/mol. The van der Waals surface area contributed by atoms with Gasteiger partial charge in [0.1, 0.15) is 0 Å². The number of benzene rings is 2. The molecule has 132 valence electrons. The van der Waals surface area contributed by atoms with E-state index >= 15 is 0 Å². The maximum atomic E-state index is 12.0. The molecule has 0 saturated carbocycles. The topological polar surface area (TPSA) is 61.8 Å². The lowest BCUT2D eigenvalue weighted by Gasteiger charge is -2.18. The number of hydrogen-bond acceptors (Lipinski definition) is 5. The molecule has 0 saturated heterocycles. The molecule has 2 rings (SSSR count). The van der Waals surface area contributed by atoms with E-state index in [1.807, 2.05) is 42.5 Å². The van der Waals surface area contributed by atoms with Gasteiger partial charge in [-0.2, -0.15) is 0 Å². The summed E-state index contributed by atoms with van der Waals surface area (Å²) in [5, 5.41) is 2.11. The van der Waals surface area contributed by atoms with Gasteiger partial charge in [0.2, 0.25) is 6.29 Å². The summed E-state index contributed by atoms with van der Waals surface area (Å²) in [5.41, 5.74) is 0.727. The van der Waals surface area contributed by atoms with Gasteiger partial charge in [-0.1, -0.05) is 42.5 Å². The second-order valence-corrected chi connectivity index (χ2v) is 5.36. The van der Waals surface area contributed by atoms with Gasteiger partial charge >= 0.3 is 11.9 Å². The lowest BCUT2D eigenvalue weighted by molar-refractivity contribution is -0.179. The Morgan fingerprint density at radius 1 is 1.08 bits per heavy atom. The Labute approximate surface area is 147 Å². The first-order valence-electron chi connectivity index (χ1n) is 8.20. The fraction of sp³-hybridized carbons (Fsp3) is 0.300. The summed E-state index contributed by atoms with van der Waals surface area (Å²) in [6.07, 6.45) is 0.664. The van der Waals surface area contributed by atoms with Gasteiger partial charge in [0.05, 0.1) is 26.1 Å². The standard InChI is InChI=1S/C20H22O5/c1-3-13-24-20(25-19(22)12-11-18(21)23-4-2)17-10-9-15-7-5-6-8-16(15)14-17/h3,5-10,14,20H,1,4,11-13H2,2H3/t20-/m1/s1. The summed E-state index contributed by atoms with van der Waals surface area (Å²) in [6, 6.07) is 13.6. The fourth-order valence-electron chi connectivity index (χ4n) is 2.32. The van der Waals surface area contributed by atoms with Crippen molar-refractivity contribution in [1.82, 2.24) is 0 Å². The maximum Gasteiger partial charge on any atom is 0.308 e. The van der Waals surface area contributed by atoms with Crippen LogP contribution in [0.15, 0.2) is 55.1 Å². The third-order valence-electron chi connectivity index (χ3n) is 3.49. The van der Waals surface area contributed by atoms with Crippen LogP contribution in [0, 0.1) is 0 Å². The Kier molecular flexibility index (Phi) is 7.16. The van der Waals surface area contributed by atoms with Crippen LogP contribution in [-0.2, 0) is 23.8 Å². The summed E-state index contributed by atoms with van der Waals surface area (Å²) in [7, 11) is 0. The third kappa shape index (κ3) is 5.72. The zero-order valence-corrected chi connectivity index (χ0v) is 14.3. The molecule has 0 N–H and O–H groups in total. The van der Waals surface area contributed by atoms with Crippen molar-refractivity contribution in [3.63, 3.8) is 0 Å². The molecule has 25 heavy (non-hydrogen) atoms. The summed E-state index contributed by atoms with van der Waals surface area (Å²) in [6.45, 7) is 5.85. The first kappa shape index (κ1) is 18.7. The van der Waals surface area contributed by atoms with E-state index in [1.54, 1.807) is 13.0 Å². The van der Waals surface area contributed by atoms with Gasteiger partial charge in [0, 0.05) is 5.56 Å². The first-order chi connectivity index (χ1) is 12.1. The summed E-state index contributed by atoms with van der Waals surface area (Å²) in [5.74, 6) is -0.941. The summed E-state index contributed by atoms with van der Waals surface area (Å²) < 4.78 is 15.8. The Hall–Kier alpha value is -2.66. The second-order valence-electron chi connectivity index (χ2n) is 5.36. The van der Waals surface area contributed by atoms with Crippen LogP contribution in [0.1, 0.15) is 31.6 Å². The molecule has 5 heteroatoms. The van der Waals surface area contributed by atoms with Crippen LogP contribution in [0.5, 0.6) is 0 Å². The number of hydrogen-bond donors (Lipinski definition) is 0. The number of ether oxygens (including phenoxy) is 3. The van der Waals surface area contributed by atoms with Crippen molar-refractivity contribution < 1.29 is 23.8 Å². The fourth-order valence-corrected chi connectivity index (χ4v) is 2.32. The summed E-state index contributed by atoms with van der Waals surface area (Å²) >= 11 is 0. The van der Waals surface area contributed by atoms with Crippen LogP contribution in [-0.4, -0.2) is 25.2 Å². The maximum absolute atomic E-state index is 12.0. The van der Waals surface area contributed by atoms with E-state index < -0.39 is 18.2 Å². The van der Waals surface area contributed by atoms with E-state index in [9.17, 15) is 9.59 Å². The highest BCUT2D eigenvalue weighted by molar-refractivity contribution is 5.83. The SMILES string of the molecule is C=CCO[C@H](OC(=O)CCC(=O)OCC)c1ccc2ccccc2c1.